The first-order valence-corrected chi connectivity index (χ1v) is 6.76. The predicted octanol–water partition coefficient (Wildman–Crippen LogP) is 1.93. The fourth-order valence-electron chi connectivity index (χ4n) is 2.30. The van der Waals surface area contributed by atoms with Crippen molar-refractivity contribution in [3.63, 3.8) is 0 Å². The van der Waals surface area contributed by atoms with Crippen LogP contribution in [0, 0.1) is 5.92 Å². The maximum Gasteiger partial charge on any atom is 0.296 e. The van der Waals surface area contributed by atoms with Crippen LogP contribution < -0.4 is 10.2 Å². The van der Waals surface area contributed by atoms with Crippen LogP contribution in [0.4, 0.5) is 11.4 Å². The van der Waals surface area contributed by atoms with E-state index in [9.17, 15) is 9.59 Å². The van der Waals surface area contributed by atoms with Crippen LogP contribution in [-0.4, -0.2) is 38.5 Å². The van der Waals surface area contributed by atoms with E-state index >= 15 is 0 Å². The van der Waals surface area contributed by atoms with E-state index in [0.29, 0.717) is 23.8 Å². The molecule has 0 atom stereocenters. The summed E-state index contributed by atoms with van der Waals surface area (Å²) in [7, 11) is 1.68. The molecule has 20 heavy (non-hydrogen) atoms. The minimum atomic E-state index is -0.551. The van der Waals surface area contributed by atoms with Gasteiger partial charge in [0.15, 0.2) is 0 Å². The lowest BCUT2D eigenvalue weighted by molar-refractivity contribution is -0.112. The van der Waals surface area contributed by atoms with E-state index in [4.69, 9.17) is 4.74 Å². The number of benzene rings is 1. The van der Waals surface area contributed by atoms with Crippen molar-refractivity contribution in [2.75, 3.05) is 37.0 Å². The lowest BCUT2D eigenvalue weighted by Crippen LogP contribution is -2.30. The Morgan fingerprint density at radius 3 is 2.70 bits per heavy atom. The van der Waals surface area contributed by atoms with Gasteiger partial charge in [-0.2, -0.15) is 0 Å². The summed E-state index contributed by atoms with van der Waals surface area (Å²) in [4.78, 5) is 25.1. The van der Waals surface area contributed by atoms with E-state index in [-0.39, 0.29) is 0 Å². The number of hydrogen-bond donors (Lipinski definition) is 1. The number of fused-ring (bicyclic) bond motifs is 1. The average Bonchev–Trinajstić information content (AvgIpc) is 2.69. The summed E-state index contributed by atoms with van der Waals surface area (Å²) in [5, 5.41) is 2.61. The van der Waals surface area contributed by atoms with Crippen LogP contribution in [0.1, 0.15) is 24.2 Å². The van der Waals surface area contributed by atoms with Gasteiger partial charge in [0.1, 0.15) is 0 Å². The third-order valence-corrected chi connectivity index (χ3v) is 3.22. The zero-order chi connectivity index (χ0) is 14.7. The van der Waals surface area contributed by atoms with Crippen molar-refractivity contribution in [1.29, 1.82) is 0 Å². The number of hydrogen-bond acceptors (Lipinski definition) is 4. The molecule has 0 bridgehead atoms. The first-order valence-electron chi connectivity index (χ1n) is 6.76. The SMILES string of the molecule is COCCN(CC(C)C)c1ccc2c(c1)NC(=O)C2=O. The number of rotatable bonds is 6. The largest absolute Gasteiger partial charge is 0.383 e. The first kappa shape index (κ1) is 14.5. The predicted molar refractivity (Wildman–Crippen MR) is 78.3 cm³/mol. The zero-order valence-electron chi connectivity index (χ0n) is 12.1. The van der Waals surface area contributed by atoms with Crippen molar-refractivity contribution >= 4 is 23.1 Å². The molecule has 1 aliphatic heterocycles. The molecular weight excluding hydrogens is 256 g/mol. The summed E-state index contributed by atoms with van der Waals surface area (Å²) < 4.78 is 5.14. The molecule has 0 unspecified atom stereocenters. The normalized spacial score (nSPS) is 13.6. The smallest absolute Gasteiger partial charge is 0.296 e. The molecule has 0 radical (unpaired) electrons. The quantitative estimate of drug-likeness (QED) is 0.807. The van der Waals surface area contributed by atoms with Crippen molar-refractivity contribution in [3.05, 3.63) is 23.8 Å². The number of nitrogens with zero attached hydrogens (tertiary/aromatic N) is 1. The Labute approximate surface area is 118 Å². The average molecular weight is 276 g/mol. The Bertz CT molecular complexity index is 526. The standard InChI is InChI=1S/C15H20N2O3/c1-10(2)9-17(6-7-20-3)11-4-5-12-13(8-11)16-15(19)14(12)18/h4-5,8,10H,6-7,9H2,1-3H3,(H,16,18,19). The molecule has 5 nitrogen and oxygen atoms in total. The second-order valence-electron chi connectivity index (χ2n) is 5.35. The van der Waals surface area contributed by atoms with Crippen molar-refractivity contribution in [2.24, 2.45) is 5.92 Å². The van der Waals surface area contributed by atoms with Crippen molar-refractivity contribution in [2.45, 2.75) is 13.8 Å². The van der Waals surface area contributed by atoms with Gasteiger partial charge in [-0.15, -0.1) is 0 Å². The Hall–Kier alpha value is -1.88. The maximum absolute atomic E-state index is 11.6. The van der Waals surface area contributed by atoms with Gasteiger partial charge in [0, 0.05) is 25.9 Å². The summed E-state index contributed by atoms with van der Waals surface area (Å²) in [6.45, 7) is 6.60. The number of anilines is 2. The first-order chi connectivity index (χ1) is 9.52. The Kier molecular flexibility index (Phi) is 4.39. The third-order valence-electron chi connectivity index (χ3n) is 3.22. The van der Waals surface area contributed by atoms with Crippen LogP contribution in [-0.2, 0) is 9.53 Å². The number of carbonyl (C=O) groups excluding carboxylic acids is 2. The number of methoxy groups -OCH3 is 1. The van der Waals surface area contributed by atoms with Crippen LogP contribution in [0.2, 0.25) is 0 Å². The summed E-state index contributed by atoms with van der Waals surface area (Å²) in [6.07, 6.45) is 0. The molecule has 1 aliphatic rings. The van der Waals surface area contributed by atoms with Gasteiger partial charge in [-0.1, -0.05) is 13.8 Å². The van der Waals surface area contributed by atoms with Gasteiger partial charge in [-0.25, -0.2) is 0 Å². The van der Waals surface area contributed by atoms with Crippen LogP contribution in [0.25, 0.3) is 0 Å². The summed E-state index contributed by atoms with van der Waals surface area (Å²) >= 11 is 0. The van der Waals surface area contributed by atoms with Crippen molar-refractivity contribution in [1.82, 2.24) is 0 Å². The molecule has 1 amide bonds. The maximum atomic E-state index is 11.6. The van der Waals surface area contributed by atoms with Crippen molar-refractivity contribution in [3.8, 4) is 0 Å². The van der Waals surface area contributed by atoms with E-state index in [2.05, 4.69) is 24.1 Å². The van der Waals surface area contributed by atoms with Gasteiger partial charge in [0.2, 0.25) is 0 Å². The molecule has 0 saturated heterocycles. The molecule has 1 aromatic rings. The third kappa shape index (κ3) is 2.99. The van der Waals surface area contributed by atoms with E-state index in [1.54, 1.807) is 13.2 Å². The second kappa shape index (κ2) is 6.05. The minimum absolute atomic E-state index is 0.454. The number of nitrogens with one attached hydrogen (secondary N) is 1. The van der Waals surface area contributed by atoms with Crippen molar-refractivity contribution < 1.29 is 14.3 Å². The molecule has 108 valence electrons. The number of Topliss-reactive ketones (excluding diaryl/α,β-unsaturated/α-hetero) is 1. The molecular formula is C15H20N2O3. The summed E-state index contributed by atoms with van der Waals surface area (Å²) in [5.41, 5.74) is 2.04. The van der Waals surface area contributed by atoms with E-state index in [1.807, 2.05) is 12.1 Å². The molecule has 0 spiro atoms. The second-order valence-corrected chi connectivity index (χ2v) is 5.35. The van der Waals surface area contributed by atoms with Gasteiger partial charge in [-0.05, 0) is 24.1 Å². The van der Waals surface area contributed by atoms with Gasteiger partial charge in [0.05, 0.1) is 17.9 Å². The molecule has 1 aromatic carbocycles. The fraction of sp³-hybridized carbons (Fsp3) is 0.467. The Balaban J connectivity index is 2.24. The van der Waals surface area contributed by atoms with Crippen LogP contribution in [0.15, 0.2) is 18.2 Å². The van der Waals surface area contributed by atoms with Gasteiger partial charge in [-0.3, -0.25) is 9.59 Å². The highest BCUT2D eigenvalue weighted by molar-refractivity contribution is 6.51. The highest BCUT2D eigenvalue weighted by Gasteiger charge is 2.28. The van der Waals surface area contributed by atoms with E-state index < -0.39 is 11.7 Å². The fourth-order valence-corrected chi connectivity index (χ4v) is 2.30. The highest BCUT2D eigenvalue weighted by Crippen LogP contribution is 2.28. The van der Waals surface area contributed by atoms with Gasteiger partial charge < -0.3 is 15.0 Å². The van der Waals surface area contributed by atoms with Crippen LogP contribution >= 0.6 is 0 Å². The highest BCUT2D eigenvalue weighted by atomic mass is 16.5. The molecule has 0 saturated carbocycles. The molecule has 2 rings (SSSR count). The van der Waals surface area contributed by atoms with E-state index in [1.165, 1.54) is 0 Å². The monoisotopic (exact) mass is 276 g/mol. The molecule has 1 heterocycles. The lowest BCUT2D eigenvalue weighted by atomic mass is 10.1. The molecule has 1 N–H and O–H groups in total. The van der Waals surface area contributed by atoms with Crippen LogP contribution in [0.3, 0.4) is 0 Å². The number of amides is 1. The number of carbonyl (C=O) groups is 2. The number of ketones is 1. The molecule has 5 heteroatoms. The molecule has 0 aromatic heterocycles. The lowest BCUT2D eigenvalue weighted by Gasteiger charge is -2.26. The van der Waals surface area contributed by atoms with Gasteiger partial charge >= 0.3 is 0 Å². The van der Waals surface area contributed by atoms with Gasteiger partial charge in [0.25, 0.3) is 11.7 Å². The van der Waals surface area contributed by atoms with E-state index in [0.717, 1.165) is 18.8 Å². The molecule has 0 aliphatic carbocycles. The summed E-state index contributed by atoms with van der Waals surface area (Å²) in [6, 6.07) is 5.45. The topological polar surface area (TPSA) is 58.6 Å². The minimum Gasteiger partial charge on any atom is -0.383 e. The van der Waals surface area contributed by atoms with Crippen LogP contribution in [0.5, 0.6) is 0 Å². The summed E-state index contributed by atoms with van der Waals surface area (Å²) in [5.74, 6) is -0.500. The molecule has 0 fully saturated rings. The Morgan fingerprint density at radius 2 is 2.05 bits per heavy atom. The number of ether oxygens (including phenoxy) is 1. The zero-order valence-corrected chi connectivity index (χ0v) is 12.1. The Morgan fingerprint density at radius 1 is 1.30 bits per heavy atom.